The molecular formula is C16H18F3NO3. The van der Waals surface area contributed by atoms with E-state index in [0.717, 1.165) is 12.1 Å². The minimum atomic E-state index is -4.43. The van der Waals surface area contributed by atoms with Crippen LogP contribution in [0.3, 0.4) is 0 Å². The Morgan fingerprint density at radius 2 is 1.87 bits per heavy atom. The highest BCUT2D eigenvalue weighted by Crippen LogP contribution is 2.31. The monoisotopic (exact) mass is 329 g/mol. The van der Waals surface area contributed by atoms with Gasteiger partial charge in [0.15, 0.2) is 0 Å². The minimum absolute atomic E-state index is 0.0292. The van der Waals surface area contributed by atoms with Crippen LogP contribution < -0.4 is 5.32 Å². The molecule has 2 N–H and O–H groups in total. The van der Waals surface area contributed by atoms with E-state index in [1.165, 1.54) is 12.1 Å². The summed E-state index contributed by atoms with van der Waals surface area (Å²) in [7, 11) is 0. The Kier molecular flexibility index (Phi) is 5.09. The third kappa shape index (κ3) is 4.10. The van der Waals surface area contributed by atoms with Crippen LogP contribution in [-0.4, -0.2) is 22.8 Å². The number of hydrogen-bond acceptors (Lipinski definition) is 3. The van der Waals surface area contributed by atoms with Gasteiger partial charge in [0.2, 0.25) is 5.91 Å². The lowest BCUT2D eigenvalue weighted by Crippen LogP contribution is -2.45. The summed E-state index contributed by atoms with van der Waals surface area (Å²) < 4.78 is 37.6. The van der Waals surface area contributed by atoms with Crippen LogP contribution in [0.25, 0.3) is 0 Å². The normalized spacial score (nSPS) is 18.2. The first-order valence-corrected chi connectivity index (χ1v) is 7.39. The van der Waals surface area contributed by atoms with E-state index in [4.69, 9.17) is 0 Å². The summed E-state index contributed by atoms with van der Waals surface area (Å²) in [6.45, 7) is 1.75. The number of Topliss-reactive ketones (excluding diaryl/α,β-unsaturated/α-hetero) is 1. The lowest BCUT2D eigenvalue weighted by Gasteiger charge is -2.28. The van der Waals surface area contributed by atoms with Crippen molar-refractivity contribution >= 4 is 11.7 Å². The number of benzene rings is 1. The van der Waals surface area contributed by atoms with Gasteiger partial charge in [-0.05, 0) is 24.1 Å². The van der Waals surface area contributed by atoms with Crippen LogP contribution in [0.5, 0.6) is 0 Å². The number of hydrogen-bond donors (Lipinski definition) is 2. The SMILES string of the molecule is CC[C@H](NC(=O)C1CC(=O)C1)[C@@H](O)c1ccc(C(F)(F)F)cc1. The van der Waals surface area contributed by atoms with Gasteiger partial charge in [0.25, 0.3) is 0 Å². The van der Waals surface area contributed by atoms with Gasteiger partial charge in [-0.15, -0.1) is 0 Å². The minimum Gasteiger partial charge on any atom is -0.386 e. The van der Waals surface area contributed by atoms with Gasteiger partial charge in [0.05, 0.1) is 23.6 Å². The van der Waals surface area contributed by atoms with Gasteiger partial charge in [-0.3, -0.25) is 9.59 Å². The van der Waals surface area contributed by atoms with Gasteiger partial charge >= 0.3 is 6.18 Å². The van der Waals surface area contributed by atoms with E-state index in [1.807, 2.05) is 0 Å². The molecular weight excluding hydrogens is 311 g/mol. The number of nitrogens with one attached hydrogen (secondary N) is 1. The van der Waals surface area contributed by atoms with Crippen LogP contribution >= 0.6 is 0 Å². The van der Waals surface area contributed by atoms with Crippen molar-refractivity contribution in [2.45, 2.75) is 44.5 Å². The molecule has 0 bridgehead atoms. The second-order valence-electron chi connectivity index (χ2n) is 5.73. The van der Waals surface area contributed by atoms with Crippen LogP contribution in [0.2, 0.25) is 0 Å². The Labute approximate surface area is 131 Å². The number of amides is 1. The Morgan fingerprint density at radius 1 is 1.30 bits per heavy atom. The molecule has 0 heterocycles. The molecule has 0 saturated heterocycles. The van der Waals surface area contributed by atoms with Crippen LogP contribution in [0.1, 0.15) is 43.4 Å². The molecule has 4 nitrogen and oxygen atoms in total. The van der Waals surface area contributed by atoms with Crippen molar-refractivity contribution in [1.82, 2.24) is 5.32 Å². The molecule has 1 aromatic rings. The third-order valence-corrected chi connectivity index (χ3v) is 4.05. The maximum atomic E-state index is 12.5. The second-order valence-corrected chi connectivity index (χ2v) is 5.73. The molecule has 1 aromatic carbocycles. The van der Waals surface area contributed by atoms with Gasteiger partial charge in [-0.25, -0.2) is 0 Å². The summed E-state index contributed by atoms with van der Waals surface area (Å²) >= 11 is 0. The van der Waals surface area contributed by atoms with Crippen molar-refractivity contribution in [2.24, 2.45) is 5.92 Å². The number of ketones is 1. The van der Waals surface area contributed by atoms with E-state index in [1.54, 1.807) is 6.92 Å². The molecule has 2 rings (SSSR count). The molecule has 0 aromatic heterocycles. The van der Waals surface area contributed by atoms with Gasteiger partial charge in [-0.2, -0.15) is 13.2 Å². The van der Waals surface area contributed by atoms with E-state index >= 15 is 0 Å². The maximum Gasteiger partial charge on any atom is 0.416 e. The Hall–Kier alpha value is -1.89. The first-order chi connectivity index (χ1) is 10.7. The topological polar surface area (TPSA) is 66.4 Å². The number of alkyl halides is 3. The number of carbonyl (C=O) groups is 2. The zero-order valence-corrected chi connectivity index (χ0v) is 12.6. The fourth-order valence-corrected chi connectivity index (χ4v) is 2.48. The second kappa shape index (κ2) is 6.70. The molecule has 1 amide bonds. The van der Waals surface area contributed by atoms with Crippen molar-refractivity contribution < 1.29 is 27.9 Å². The van der Waals surface area contributed by atoms with E-state index < -0.39 is 23.9 Å². The lowest BCUT2D eigenvalue weighted by atomic mass is 9.83. The molecule has 7 heteroatoms. The molecule has 126 valence electrons. The molecule has 1 fully saturated rings. The molecule has 0 radical (unpaired) electrons. The van der Waals surface area contributed by atoms with Crippen molar-refractivity contribution in [3.63, 3.8) is 0 Å². The molecule has 0 spiro atoms. The van der Waals surface area contributed by atoms with Crippen LogP contribution in [-0.2, 0) is 15.8 Å². The average Bonchev–Trinajstić information content (AvgIpc) is 2.48. The first-order valence-electron chi connectivity index (χ1n) is 7.39. The van der Waals surface area contributed by atoms with E-state index in [9.17, 15) is 27.9 Å². The number of halogens is 3. The first kappa shape index (κ1) is 17.5. The molecule has 23 heavy (non-hydrogen) atoms. The Morgan fingerprint density at radius 3 is 2.30 bits per heavy atom. The quantitative estimate of drug-likeness (QED) is 0.873. The highest BCUT2D eigenvalue weighted by Gasteiger charge is 2.35. The van der Waals surface area contributed by atoms with Gasteiger partial charge in [0.1, 0.15) is 5.78 Å². The van der Waals surface area contributed by atoms with E-state index in [0.29, 0.717) is 12.0 Å². The smallest absolute Gasteiger partial charge is 0.386 e. The highest BCUT2D eigenvalue weighted by atomic mass is 19.4. The summed E-state index contributed by atoms with van der Waals surface area (Å²) in [5.41, 5.74) is -0.492. The fraction of sp³-hybridized carbons (Fsp3) is 0.500. The predicted molar refractivity (Wildman–Crippen MR) is 76.4 cm³/mol. The zero-order valence-electron chi connectivity index (χ0n) is 12.6. The van der Waals surface area contributed by atoms with E-state index in [-0.39, 0.29) is 30.4 Å². The average molecular weight is 329 g/mol. The van der Waals surface area contributed by atoms with Crippen molar-refractivity contribution in [1.29, 1.82) is 0 Å². The Balaban J connectivity index is 2.02. The van der Waals surface area contributed by atoms with Crippen molar-refractivity contribution in [3.8, 4) is 0 Å². The molecule has 1 aliphatic rings. The van der Waals surface area contributed by atoms with Crippen molar-refractivity contribution in [3.05, 3.63) is 35.4 Å². The molecule has 1 aliphatic carbocycles. The number of rotatable bonds is 5. The summed E-state index contributed by atoms with van der Waals surface area (Å²) in [6.07, 6.45) is -4.72. The third-order valence-electron chi connectivity index (χ3n) is 4.05. The number of carbonyl (C=O) groups excluding carboxylic acids is 2. The Bertz CT molecular complexity index is 575. The lowest BCUT2D eigenvalue weighted by molar-refractivity contribution is -0.138. The van der Waals surface area contributed by atoms with Crippen molar-refractivity contribution in [2.75, 3.05) is 0 Å². The standard InChI is InChI=1S/C16H18F3NO3/c1-2-13(20-15(23)10-7-12(21)8-10)14(22)9-3-5-11(6-4-9)16(17,18)19/h3-6,10,13-14,22H,2,7-8H2,1H3,(H,20,23)/t13-,14-/m0/s1. The van der Waals surface area contributed by atoms with Crippen LogP contribution in [0.15, 0.2) is 24.3 Å². The van der Waals surface area contributed by atoms with Crippen LogP contribution in [0, 0.1) is 5.92 Å². The molecule has 0 aliphatic heterocycles. The summed E-state index contributed by atoms with van der Waals surface area (Å²) in [4.78, 5) is 22.9. The summed E-state index contributed by atoms with van der Waals surface area (Å²) in [5.74, 6) is -0.639. The zero-order chi connectivity index (χ0) is 17.2. The van der Waals surface area contributed by atoms with Gasteiger partial charge < -0.3 is 10.4 Å². The van der Waals surface area contributed by atoms with Gasteiger partial charge in [0, 0.05) is 12.8 Å². The molecule has 2 atom stereocenters. The van der Waals surface area contributed by atoms with Crippen LogP contribution in [0.4, 0.5) is 13.2 Å². The highest BCUT2D eigenvalue weighted by molar-refractivity contribution is 5.96. The largest absolute Gasteiger partial charge is 0.416 e. The maximum absolute atomic E-state index is 12.5. The molecule has 0 unspecified atom stereocenters. The summed E-state index contributed by atoms with van der Waals surface area (Å²) in [6, 6.07) is 3.59. The summed E-state index contributed by atoms with van der Waals surface area (Å²) in [5, 5.41) is 13.0. The fourth-order valence-electron chi connectivity index (χ4n) is 2.48. The van der Waals surface area contributed by atoms with Gasteiger partial charge in [-0.1, -0.05) is 19.1 Å². The van der Waals surface area contributed by atoms with E-state index in [2.05, 4.69) is 5.32 Å². The predicted octanol–water partition coefficient (Wildman–Crippen LogP) is 2.61. The number of aliphatic hydroxyl groups is 1. The molecule has 1 saturated carbocycles. The number of aliphatic hydroxyl groups excluding tert-OH is 1.